The lowest BCUT2D eigenvalue weighted by molar-refractivity contribution is 0.0122. The van der Waals surface area contributed by atoms with Crippen LogP contribution < -0.4 is 11.2 Å². The molecule has 2 aromatic rings. The van der Waals surface area contributed by atoms with Gasteiger partial charge in [-0.1, -0.05) is 63.1 Å². The van der Waals surface area contributed by atoms with Crippen molar-refractivity contribution < 1.29 is 27.2 Å². The first-order valence-electron chi connectivity index (χ1n) is 14.6. The average Bonchev–Trinajstić information content (AvgIpc) is 2.89. The van der Waals surface area contributed by atoms with E-state index in [1.54, 1.807) is 65.0 Å². The summed E-state index contributed by atoms with van der Waals surface area (Å²) in [5.41, 5.74) is -4.16. The predicted octanol–water partition coefficient (Wildman–Crippen LogP) is 7.54. The molecule has 8 nitrogen and oxygen atoms in total. The van der Waals surface area contributed by atoms with Crippen LogP contribution in [-0.4, -0.2) is 32.9 Å². The van der Waals surface area contributed by atoms with Crippen LogP contribution in [0.15, 0.2) is 46.1 Å². The van der Waals surface area contributed by atoms with Crippen molar-refractivity contribution in [2.45, 2.75) is 123 Å². The largest absolute Gasteiger partial charge is 0.400 e. The number of carbonyl (C=O) groups excluding carboxylic acids is 1. The first-order valence-corrected chi connectivity index (χ1v) is 16.1. The standard InChI is InChI=1S/C30H45F2N2O6P/c1-23(2)39-41(38,40-24(3)4)30(31,32)20-16-11-9-7-6-8-10-12-17-21-33-22-25(5)27(35)34(29(33)37)28(36)26-18-14-13-15-19-26/h13-15,18-19,22-24H,6-12,16-17,20-21H2,1-5H3. The number of nitrogens with zero attached hydrogens (tertiary/aromatic N) is 2. The summed E-state index contributed by atoms with van der Waals surface area (Å²) in [7, 11) is -4.55. The smallest absolute Gasteiger partial charge is 0.302 e. The number of hydrogen-bond acceptors (Lipinski definition) is 6. The Kier molecular flexibility index (Phi) is 13.8. The summed E-state index contributed by atoms with van der Waals surface area (Å²) < 4.78 is 54.4. The summed E-state index contributed by atoms with van der Waals surface area (Å²) in [5.74, 6) is -0.636. The second-order valence-corrected chi connectivity index (χ2v) is 13.1. The first-order chi connectivity index (χ1) is 19.3. The number of rotatable bonds is 18. The molecular formula is C30H45F2N2O6P. The lowest BCUT2D eigenvalue weighted by Gasteiger charge is -2.29. The third-order valence-corrected chi connectivity index (χ3v) is 8.95. The lowest BCUT2D eigenvalue weighted by atomic mass is 10.1. The molecule has 0 N–H and O–H groups in total. The summed E-state index contributed by atoms with van der Waals surface area (Å²) in [5, 5.41) is 0. The van der Waals surface area contributed by atoms with Gasteiger partial charge in [-0.3, -0.25) is 18.7 Å². The summed E-state index contributed by atoms with van der Waals surface area (Å²) in [6.45, 7) is 8.23. The maximum Gasteiger partial charge on any atom is 0.400 e. The maximum atomic E-state index is 14.7. The summed E-state index contributed by atoms with van der Waals surface area (Å²) in [6, 6.07) is 8.25. The van der Waals surface area contributed by atoms with Gasteiger partial charge in [0, 0.05) is 30.3 Å². The lowest BCUT2D eigenvalue weighted by Crippen LogP contribution is -2.44. The molecule has 0 unspecified atom stereocenters. The third-order valence-electron chi connectivity index (χ3n) is 6.53. The van der Waals surface area contributed by atoms with Crippen molar-refractivity contribution in [1.29, 1.82) is 0 Å². The van der Waals surface area contributed by atoms with Crippen LogP contribution >= 0.6 is 7.60 Å². The number of hydrogen-bond donors (Lipinski definition) is 0. The molecule has 2 rings (SSSR count). The van der Waals surface area contributed by atoms with Crippen molar-refractivity contribution in [3.8, 4) is 0 Å². The van der Waals surface area contributed by atoms with Gasteiger partial charge in [-0.25, -0.2) is 4.79 Å². The number of halogens is 2. The van der Waals surface area contributed by atoms with Gasteiger partial charge in [0.25, 0.3) is 11.5 Å². The second kappa shape index (κ2) is 16.3. The van der Waals surface area contributed by atoms with Crippen LogP contribution in [0, 0.1) is 6.92 Å². The van der Waals surface area contributed by atoms with Gasteiger partial charge in [0.05, 0.1) is 12.2 Å². The molecule has 0 aliphatic carbocycles. The van der Waals surface area contributed by atoms with E-state index in [-0.39, 0.29) is 12.0 Å². The van der Waals surface area contributed by atoms with Gasteiger partial charge in [-0.05, 0) is 59.6 Å². The van der Waals surface area contributed by atoms with Gasteiger partial charge < -0.3 is 9.05 Å². The van der Waals surface area contributed by atoms with Crippen LogP contribution in [0.4, 0.5) is 8.78 Å². The number of carbonyl (C=O) groups is 1. The van der Waals surface area contributed by atoms with Gasteiger partial charge in [-0.2, -0.15) is 13.3 Å². The quantitative estimate of drug-likeness (QED) is 0.130. The van der Waals surface area contributed by atoms with Crippen LogP contribution in [0.3, 0.4) is 0 Å². The molecule has 1 aromatic carbocycles. The first kappa shape index (κ1) is 34.8. The highest BCUT2D eigenvalue weighted by Gasteiger charge is 2.53. The van der Waals surface area contributed by atoms with Gasteiger partial charge in [0.2, 0.25) is 0 Å². The maximum absolute atomic E-state index is 14.7. The summed E-state index contributed by atoms with van der Waals surface area (Å²) in [6.07, 6.45) is 6.79. The van der Waals surface area contributed by atoms with Crippen molar-refractivity contribution in [3.05, 3.63) is 68.5 Å². The van der Waals surface area contributed by atoms with E-state index in [4.69, 9.17) is 9.05 Å². The van der Waals surface area contributed by atoms with E-state index in [1.807, 2.05) is 0 Å². The van der Waals surface area contributed by atoms with E-state index in [0.717, 1.165) is 44.9 Å². The number of benzene rings is 1. The molecule has 1 aromatic heterocycles. The molecule has 1 heterocycles. The monoisotopic (exact) mass is 598 g/mol. The number of alkyl halides is 2. The molecule has 41 heavy (non-hydrogen) atoms. The van der Waals surface area contributed by atoms with Crippen molar-refractivity contribution in [2.24, 2.45) is 0 Å². The van der Waals surface area contributed by atoms with Crippen molar-refractivity contribution >= 4 is 13.5 Å². The highest BCUT2D eigenvalue weighted by atomic mass is 31.2. The van der Waals surface area contributed by atoms with Crippen molar-refractivity contribution in [1.82, 2.24) is 9.13 Å². The highest BCUT2D eigenvalue weighted by Crippen LogP contribution is 2.65. The fraction of sp³-hybridized carbons (Fsp3) is 0.633. The van der Waals surface area contributed by atoms with Gasteiger partial charge in [-0.15, -0.1) is 0 Å². The van der Waals surface area contributed by atoms with Crippen LogP contribution in [0.25, 0.3) is 0 Å². The number of aromatic nitrogens is 2. The van der Waals surface area contributed by atoms with E-state index in [2.05, 4.69) is 0 Å². The second-order valence-electron chi connectivity index (χ2n) is 11.0. The fourth-order valence-electron chi connectivity index (χ4n) is 4.51. The zero-order chi connectivity index (χ0) is 30.6. The Labute approximate surface area is 241 Å². The van der Waals surface area contributed by atoms with Gasteiger partial charge in [0.1, 0.15) is 0 Å². The molecule has 0 aliphatic heterocycles. The van der Waals surface area contributed by atoms with Crippen molar-refractivity contribution in [2.75, 3.05) is 0 Å². The number of unbranched alkanes of at least 4 members (excludes halogenated alkanes) is 8. The Morgan fingerprint density at radius 1 is 0.854 bits per heavy atom. The molecule has 11 heteroatoms. The zero-order valence-corrected chi connectivity index (χ0v) is 25.8. The van der Waals surface area contributed by atoms with E-state index in [9.17, 15) is 27.7 Å². The van der Waals surface area contributed by atoms with Crippen LogP contribution in [0.1, 0.15) is 108 Å². The average molecular weight is 599 g/mol. The summed E-state index contributed by atoms with van der Waals surface area (Å²) >= 11 is 0. The molecule has 0 fully saturated rings. The van der Waals surface area contributed by atoms with Gasteiger partial charge in [0.15, 0.2) is 0 Å². The molecule has 230 valence electrons. The zero-order valence-electron chi connectivity index (χ0n) is 24.9. The third kappa shape index (κ3) is 10.4. The minimum atomic E-state index is -4.55. The summed E-state index contributed by atoms with van der Waals surface area (Å²) in [4.78, 5) is 38.2. The Hall–Kier alpha value is -2.42. The van der Waals surface area contributed by atoms with Gasteiger partial charge >= 0.3 is 18.9 Å². The SMILES string of the molecule is Cc1cn(CCCCCCCCCCCC(F)(F)P(=O)(OC(C)C)OC(C)C)c(=O)n(C(=O)c2ccccc2)c1=O. The predicted molar refractivity (Wildman–Crippen MR) is 157 cm³/mol. The fourth-order valence-corrected chi connectivity index (χ4v) is 6.41. The topological polar surface area (TPSA) is 96.6 Å². The molecule has 0 spiro atoms. The number of aryl methyl sites for hydroxylation is 2. The van der Waals surface area contributed by atoms with Crippen molar-refractivity contribution in [3.63, 3.8) is 0 Å². The van der Waals surface area contributed by atoms with E-state index in [0.29, 0.717) is 23.1 Å². The Morgan fingerprint density at radius 3 is 1.85 bits per heavy atom. The molecule has 0 saturated carbocycles. The molecule has 0 amide bonds. The van der Waals surface area contributed by atoms with E-state index < -0.39 is 49.0 Å². The van der Waals surface area contributed by atoms with Crippen LogP contribution in [0.5, 0.6) is 0 Å². The highest BCUT2D eigenvalue weighted by molar-refractivity contribution is 7.55. The molecular weight excluding hydrogens is 553 g/mol. The molecule has 0 aliphatic rings. The normalized spacial score (nSPS) is 12.4. The molecule has 0 saturated heterocycles. The molecule has 0 atom stereocenters. The van der Waals surface area contributed by atoms with Crippen LogP contribution in [0.2, 0.25) is 0 Å². The Balaban J connectivity index is 1.71. The minimum absolute atomic E-state index is 0.239. The Morgan fingerprint density at radius 2 is 1.34 bits per heavy atom. The Bertz CT molecular complexity index is 1260. The molecule has 0 bridgehead atoms. The molecule has 0 radical (unpaired) electrons. The van der Waals surface area contributed by atoms with Crippen LogP contribution in [-0.2, 0) is 20.2 Å². The minimum Gasteiger partial charge on any atom is -0.302 e. The van der Waals surface area contributed by atoms with E-state index >= 15 is 0 Å². The van der Waals surface area contributed by atoms with E-state index in [1.165, 1.54) is 10.8 Å².